The van der Waals surface area contributed by atoms with Gasteiger partial charge in [0.2, 0.25) is 0 Å². The fourth-order valence-electron chi connectivity index (χ4n) is 1.16. The van der Waals surface area contributed by atoms with Crippen LogP contribution in [0.1, 0.15) is 6.42 Å². The molecule has 10 heteroatoms. The van der Waals surface area contributed by atoms with Crippen molar-refractivity contribution in [1.82, 2.24) is 19.9 Å². The Kier molecular flexibility index (Phi) is 4.96. The predicted octanol–water partition coefficient (Wildman–Crippen LogP) is 1.47. The van der Waals surface area contributed by atoms with E-state index in [2.05, 4.69) is 19.9 Å². The van der Waals surface area contributed by atoms with Crippen LogP contribution in [-0.4, -0.2) is 31.9 Å². The van der Waals surface area contributed by atoms with E-state index in [1.807, 2.05) is 0 Å². The lowest BCUT2D eigenvalue weighted by Crippen LogP contribution is -2.19. The zero-order chi connectivity index (χ0) is 15.2. The first-order chi connectivity index (χ1) is 10.1. The maximum atomic E-state index is 11.5. The highest BCUT2D eigenvalue weighted by atomic mass is 35.5. The van der Waals surface area contributed by atoms with Gasteiger partial charge in [0.25, 0.3) is 11.8 Å². The minimum Gasteiger partial charge on any atom is -0.404 e. The highest BCUT2D eigenvalue weighted by molar-refractivity contribution is 6.31. The maximum absolute atomic E-state index is 11.5. The summed E-state index contributed by atoms with van der Waals surface area (Å²) in [5.74, 6) is -2.23. The van der Waals surface area contributed by atoms with Gasteiger partial charge in [-0.2, -0.15) is 0 Å². The first-order valence-corrected chi connectivity index (χ1v) is 6.16. The number of carbonyl (C=O) groups is 2. The molecular weight excluding hydrogens is 323 g/mol. The number of esters is 2. The molecule has 0 spiro atoms. The molecule has 0 unspecified atom stereocenters. The number of carbonyl (C=O) groups excluding carboxylic acids is 2. The van der Waals surface area contributed by atoms with E-state index in [0.29, 0.717) is 0 Å². The molecule has 0 amide bonds. The van der Waals surface area contributed by atoms with E-state index in [4.69, 9.17) is 32.7 Å². The highest BCUT2D eigenvalue weighted by Gasteiger charge is 2.18. The van der Waals surface area contributed by atoms with Gasteiger partial charge in [0, 0.05) is 24.8 Å². The van der Waals surface area contributed by atoms with Crippen molar-refractivity contribution in [2.24, 2.45) is 0 Å². The molecule has 8 nitrogen and oxygen atoms in total. The summed E-state index contributed by atoms with van der Waals surface area (Å²) in [6.07, 6.45) is 4.53. The van der Waals surface area contributed by atoms with Crippen molar-refractivity contribution < 1.29 is 19.1 Å². The van der Waals surface area contributed by atoms with Crippen molar-refractivity contribution >= 4 is 35.1 Å². The quantitative estimate of drug-likeness (QED) is 0.613. The van der Waals surface area contributed by atoms with Gasteiger partial charge in [-0.25, -0.2) is 19.9 Å². The Morgan fingerprint density at radius 2 is 1.19 bits per heavy atom. The summed E-state index contributed by atoms with van der Waals surface area (Å²) in [6.45, 7) is 0. The molecule has 2 rings (SSSR count). The van der Waals surface area contributed by atoms with E-state index in [0.717, 1.165) is 0 Å². The summed E-state index contributed by atoms with van der Waals surface area (Å²) >= 11 is 11.3. The highest BCUT2D eigenvalue weighted by Crippen LogP contribution is 2.19. The molecule has 0 fully saturated rings. The van der Waals surface area contributed by atoms with Gasteiger partial charge in [0.15, 0.2) is 10.3 Å². The monoisotopic (exact) mass is 328 g/mol. The normalized spacial score (nSPS) is 10.0. The third-order valence-electron chi connectivity index (χ3n) is 1.96. The van der Waals surface area contributed by atoms with E-state index in [1.165, 1.54) is 24.8 Å². The van der Waals surface area contributed by atoms with E-state index in [9.17, 15) is 9.59 Å². The molecule has 2 heterocycles. The fraction of sp³-hybridized carbons (Fsp3) is 0.0909. The summed E-state index contributed by atoms with van der Waals surface area (Å²) in [5.41, 5.74) is 0. The van der Waals surface area contributed by atoms with Gasteiger partial charge in [-0.15, -0.1) is 0 Å². The molecule has 0 radical (unpaired) electrons. The topological polar surface area (TPSA) is 104 Å². The fourth-order valence-corrected chi connectivity index (χ4v) is 1.45. The Bertz CT molecular complexity index is 625. The largest absolute Gasteiger partial charge is 0.404 e. The van der Waals surface area contributed by atoms with E-state index >= 15 is 0 Å². The summed E-state index contributed by atoms with van der Waals surface area (Å²) < 4.78 is 9.54. The number of rotatable bonds is 4. The number of hydrogen-bond acceptors (Lipinski definition) is 8. The van der Waals surface area contributed by atoms with Gasteiger partial charge in [-0.05, 0) is 0 Å². The van der Waals surface area contributed by atoms with Crippen LogP contribution in [0.3, 0.4) is 0 Å². The van der Waals surface area contributed by atoms with E-state index in [-0.39, 0.29) is 22.1 Å². The number of hydrogen-bond donors (Lipinski definition) is 0. The van der Waals surface area contributed by atoms with Crippen molar-refractivity contribution in [2.45, 2.75) is 6.42 Å². The van der Waals surface area contributed by atoms with Crippen molar-refractivity contribution in [3.05, 3.63) is 35.1 Å². The molecule has 2 aromatic heterocycles. The first-order valence-electron chi connectivity index (χ1n) is 5.40. The van der Waals surface area contributed by atoms with Crippen molar-refractivity contribution in [3.63, 3.8) is 0 Å². The van der Waals surface area contributed by atoms with Crippen molar-refractivity contribution in [1.29, 1.82) is 0 Å². The average Bonchev–Trinajstić information content (AvgIpc) is 2.44. The molecule has 0 aliphatic rings. The minimum atomic E-state index is -0.914. The predicted molar refractivity (Wildman–Crippen MR) is 70.0 cm³/mol. The molecule has 0 aliphatic carbocycles. The maximum Gasteiger partial charge on any atom is 0.324 e. The molecule has 2 aromatic rings. The van der Waals surface area contributed by atoms with Crippen LogP contribution in [0.25, 0.3) is 0 Å². The number of nitrogens with zero attached hydrogens (tertiary/aromatic N) is 4. The minimum absolute atomic E-state index is 0.101. The molecule has 0 saturated carbocycles. The number of aromatic nitrogens is 4. The number of halogens is 2. The zero-order valence-electron chi connectivity index (χ0n) is 10.2. The lowest BCUT2D eigenvalue weighted by molar-refractivity contribution is -0.144. The Morgan fingerprint density at radius 3 is 1.57 bits per heavy atom. The van der Waals surface area contributed by atoms with Gasteiger partial charge < -0.3 is 9.47 Å². The van der Waals surface area contributed by atoms with Gasteiger partial charge in [-0.3, -0.25) is 9.59 Å². The van der Waals surface area contributed by atoms with Crippen LogP contribution in [0.4, 0.5) is 0 Å². The van der Waals surface area contributed by atoms with Crippen LogP contribution in [0, 0.1) is 0 Å². The standard InChI is InChI=1S/C11H6Cl2N4O4/c12-8-10(16-3-1-14-8)20-6(18)5-7(19)21-11-9(13)15-2-4-17-11/h1-4H,5H2. The second-order valence-electron chi connectivity index (χ2n) is 3.43. The lowest BCUT2D eigenvalue weighted by atomic mass is 10.4. The SMILES string of the molecule is O=C(CC(=O)Oc1nccnc1Cl)Oc1nccnc1Cl. The van der Waals surface area contributed by atoms with Crippen molar-refractivity contribution in [3.8, 4) is 11.8 Å². The zero-order valence-corrected chi connectivity index (χ0v) is 11.7. The third-order valence-corrected chi connectivity index (χ3v) is 2.47. The van der Waals surface area contributed by atoms with Crippen LogP contribution in [0.2, 0.25) is 10.3 Å². The summed E-state index contributed by atoms with van der Waals surface area (Å²) in [4.78, 5) is 37.8. The van der Waals surface area contributed by atoms with Gasteiger partial charge in [0.05, 0.1) is 0 Å². The summed E-state index contributed by atoms with van der Waals surface area (Å²) in [5, 5.41) is -0.202. The van der Waals surface area contributed by atoms with Gasteiger partial charge in [0.1, 0.15) is 6.42 Å². The molecule has 0 N–H and O–H groups in total. The second-order valence-corrected chi connectivity index (χ2v) is 4.15. The number of ether oxygens (including phenoxy) is 2. The first kappa shape index (κ1) is 15.1. The Labute approximate surface area is 128 Å². The van der Waals surface area contributed by atoms with Crippen molar-refractivity contribution in [2.75, 3.05) is 0 Å². The molecular formula is C11H6Cl2N4O4. The molecule has 0 aromatic carbocycles. The van der Waals surface area contributed by atoms with Gasteiger partial charge >= 0.3 is 11.9 Å². The van der Waals surface area contributed by atoms with Gasteiger partial charge in [-0.1, -0.05) is 23.2 Å². The molecule has 0 saturated heterocycles. The third kappa shape index (κ3) is 4.33. The smallest absolute Gasteiger partial charge is 0.324 e. The summed E-state index contributed by atoms with van der Waals surface area (Å²) in [7, 11) is 0. The van der Waals surface area contributed by atoms with E-state index < -0.39 is 18.4 Å². The van der Waals surface area contributed by atoms with Crippen LogP contribution >= 0.6 is 23.2 Å². The molecule has 0 atom stereocenters. The van der Waals surface area contributed by atoms with E-state index in [1.54, 1.807) is 0 Å². The Hall–Kier alpha value is -2.32. The lowest BCUT2D eigenvalue weighted by Gasteiger charge is -2.05. The molecule has 21 heavy (non-hydrogen) atoms. The van der Waals surface area contributed by atoms with Crippen LogP contribution in [0.5, 0.6) is 11.8 Å². The average molecular weight is 329 g/mol. The van der Waals surface area contributed by atoms with Crippen LogP contribution < -0.4 is 9.47 Å². The summed E-state index contributed by atoms with van der Waals surface area (Å²) in [6, 6.07) is 0. The molecule has 0 bridgehead atoms. The van der Waals surface area contributed by atoms with Crippen LogP contribution in [-0.2, 0) is 9.59 Å². The Morgan fingerprint density at radius 1 is 0.810 bits per heavy atom. The Balaban J connectivity index is 1.93. The van der Waals surface area contributed by atoms with Crippen LogP contribution in [0.15, 0.2) is 24.8 Å². The second kappa shape index (κ2) is 6.91. The molecule has 0 aliphatic heterocycles. The molecule has 108 valence electrons.